The van der Waals surface area contributed by atoms with Crippen LogP contribution in [0.1, 0.15) is 150 Å². The quantitative estimate of drug-likeness (QED) is 0.0267. The van der Waals surface area contributed by atoms with Crippen molar-refractivity contribution in [2.45, 2.75) is 232 Å². The molecule has 8 heterocycles. The Labute approximate surface area is 820 Å². The number of fused-ring (bicyclic) bond motifs is 15. The second-order valence-electron chi connectivity index (χ2n) is 36.0. The molecule has 138 heavy (non-hydrogen) atoms. The molecule has 0 saturated carbocycles. The molecule has 9 amide bonds. The van der Waals surface area contributed by atoms with E-state index in [0.717, 1.165) is 58.0 Å². The van der Waals surface area contributed by atoms with E-state index in [9.17, 15) is 65.1 Å². The average molecular weight is 2090 g/mol. The highest BCUT2D eigenvalue weighted by Crippen LogP contribution is 2.51. The van der Waals surface area contributed by atoms with Gasteiger partial charge in [-0.15, -0.1) is 0 Å². The van der Waals surface area contributed by atoms with Crippen molar-refractivity contribution in [2.75, 3.05) is 26.7 Å². The van der Waals surface area contributed by atoms with Crippen molar-refractivity contribution < 1.29 is 132 Å². The maximum Gasteiger partial charge on any atom is 0.330 e. The molecule has 0 unspecified atom stereocenters. The van der Waals surface area contributed by atoms with E-state index in [2.05, 4.69) is 42.5 Å². The minimum absolute atomic E-state index is 0.0823. The summed E-state index contributed by atoms with van der Waals surface area (Å²) in [6.07, 6.45) is -22.5. The number of nitrogens with one attached hydrogen (secondary N) is 8. The van der Waals surface area contributed by atoms with Crippen LogP contribution in [0.4, 0.5) is 0 Å². The van der Waals surface area contributed by atoms with Gasteiger partial charge in [-0.25, -0.2) is 4.79 Å². The number of aliphatic carboxylic acids is 1. The number of carbonyl (C=O) groups is 10. The first kappa shape index (κ1) is 105. The summed E-state index contributed by atoms with van der Waals surface area (Å²) in [6, 6.07) is 13.6. The van der Waals surface area contributed by atoms with Crippen molar-refractivity contribution in [1.82, 2.24) is 47.4 Å². The Morgan fingerprint density at radius 3 is 1.88 bits per heavy atom. The molecule has 0 aromatic heterocycles. The van der Waals surface area contributed by atoms with Crippen LogP contribution in [-0.4, -0.2) is 246 Å². The van der Waals surface area contributed by atoms with Crippen LogP contribution in [0.3, 0.4) is 0 Å². The number of carboxylic acids is 1. The van der Waals surface area contributed by atoms with Crippen molar-refractivity contribution >= 4 is 117 Å². The zero-order valence-corrected chi connectivity index (χ0v) is 80.2. The van der Waals surface area contributed by atoms with Crippen LogP contribution < -0.4 is 79.7 Å². The van der Waals surface area contributed by atoms with Crippen LogP contribution in [0.2, 0.25) is 15.1 Å². The van der Waals surface area contributed by atoms with E-state index < -0.39 is 285 Å². The second-order valence-corrected chi connectivity index (χ2v) is 38.4. The van der Waals surface area contributed by atoms with Gasteiger partial charge in [0, 0.05) is 63.3 Å². The van der Waals surface area contributed by atoms with Crippen LogP contribution in [-0.2, 0) is 78.2 Å². The molecule has 8 aliphatic rings. The molecule has 0 radical (unpaired) electrons. The van der Waals surface area contributed by atoms with E-state index in [-0.39, 0.29) is 63.6 Å². The molecule has 0 spiro atoms. The van der Waals surface area contributed by atoms with Crippen molar-refractivity contribution in [2.24, 2.45) is 28.9 Å². The zero-order valence-electron chi connectivity index (χ0n) is 75.7. The third-order valence-electron chi connectivity index (χ3n) is 25.1. The summed E-state index contributed by atoms with van der Waals surface area (Å²) in [7, 11) is 1.25. The average Bonchev–Trinajstić information content (AvgIpc) is 0.796. The van der Waals surface area contributed by atoms with Gasteiger partial charge in [0.25, 0.3) is 0 Å². The number of unbranched alkanes of at least 4 members (excludes halogenated alkanes) is 1. The Morgan fingerprint density at radius 2 is 1.27 bits per heavy atom. The lowest BCUT2D eigenvalue weighted by Gasteiger charge is -2.48. The number of nitrogens with zero attached hydrogens (tertiary/aromatic N) is 1. The predicted molar refractivity (Wildman–Crippen MR) is 504 cm³/mol. The highest BCUT2D eigenvalue weighted by atomic mass is 127. The first-order valence-electron chi connectivity index (χ1n) is 44.5. The molecule has 15 rings (SSSR count). The number of likely N-dealkylation sites (N-methyl/N-ethyl adjacent to an activating group) is 1. The van der Waals surface area contributed by atoms with E-state index in [4.69, 9.17) is 95.6 Å². The van der Waals surface area contributed by atoms with Crippen molar-refractivity contribution in [3.8, 4) is 62.5 Å². The summed E-state index contributed by atoms with van der Waals surface area (Å²) in [6.45, 7) is 8.47. The minimum atomic E-state index is -2.43. The fourth-order valence-electron chi connectivity index (χ4n) is 17.4. The lowest BCUT2D eigenvalue weighted by molar-refractivity contribution is -0.334. The summed E-state index contributed by atoms with van der Waals surface area (Å²) in [5.41, 5.74) is 22.2. The number of phenolic OH excluding ortho intramolecular Hbond substituents is 2. The van der Waals surface area contributed by atoms with E-state index in [1.165, 1.54) is 63.4 Å². The molecule has 3 fully saturated rings. The molecule has 23 atom stereocenters. The fraction of sp³-hybridized carbons (Fsp3) is 0.447. The van der Waals surface area contributed by atoms with Gasteiger partial charge in [0.2, 0.25) is 65.2 Å². The number of hydrogen-bond acceptors (Lipinski definition) is 30. The zero-order chi connectivity index (χ0) is 100. The lowest BCUT2D eigenvalue weighted by Crippen LogP contribution is -2.65. The number of amides is 9. The normalized spacial score (nSPS) is 28.2. The van der Waals surface area contributed by atoms with E-state index in [1.54, 1.807) is 39.8 Å². The van der Waals surface area contributed by atoms with Gasteiger partial charge in [-0.1, -0.05) is 110 Å². The number of aliphatic hydroxyl groups excluding tert-OH is 6. The number of phenols is 2. The van der Waals surface area contributed by atoms with Gasteiger partial charge in [-0.05, 0) is 193 Å². The van der Waals surface area contributed by atoms with Crippen molar-refractivity contribution in [3.05, 3.63) is 179 Å². The molecule has 11 bridgehead atoms. The number of hydrogen-bond donors (Lipinski definition) is 21. The lowest BCUT2D eigenvalue weighted by atomic mass is 9.84. The minimum Gasteiger partial charge on any atom is -0.508 e. The third kappa shape index (κ3) is 23.9. The van der Waals surface area contributed by atoms with E-state index in [0.29, 0.717) is 24.4 Å². The highest BCUT2D eigenvalue weighted by molar-refractivity contribution is 14.1. The second kappa shape index (κ2) is 44.4. The molecule has 7 aromatic rings. The third-order valence-corrected chi connectivity index (χ3v) is 26.9. The maximum atomic E-state index is 16.8. The van der Waals surface area contributed by atoms with Gasteiger partial charge in [-0.2, -0.15) is 0 Å². The SMILES string of the molecule is CC(C)C[C@H](C(=O)N[C@H]1C(=O)N[C@@H](CC(N)=O)C(=O)N[C@H]2C(=O)N[C@H]3C(=O)N[C@H](C(=O)N[C@@H](C(=O)O)c4cc(O)cc(O)c4-c4cc3ccc4I)[C@H](O[C@H]3C[C@](C)(N)[C@@H](O)[C@H](C)O3)c3ccc(c(Cl)c3)Oc3cc2cc(c3O[C@@H]2O[C@H](CO)[C@@H](O)[C@H](O)[C@H]2O[C@H]2C[C@](C)(NCc3ccc(-c4ccc(Cl)cc4)cc3)[C@@H](O)[C@H](C)O2)Oc2ccc(cc2Cl)[C@H]1O)N(C)C(=O)CNC(=O)[C@@H](N)CCCCN. The molecule has 40 nitrogen and oxygen atoms in total. The van der Waals surface area contributed by atoms with E-state index >= 15 is 28.8 Å². The number of primary amides is 1. The van der Waals surface area contributed by atoms with Gasteiger partial charge in [0.05, 0.1) is 60.1 Å². The largest absolute Gasteiger partial charge is 0.508 e. The summed E-state index contributed by atoms with van der Waals surface area (Å²) in [5, 5.41) is 127. The number of carbonyl (C=O) groups excluding carboxylic acids is 9. The first-order chi connectivity index (χ1) is 65.3. The Bertz CT molecular complexity index is 5720. The van der Waals surface area contributed by atoms with Crippen LogP contribution in [0.5, 0.6) is 40.2 Å². The fourth-order valence-corrected chi connectivity index (χ4v) is 18.6. The van der Waals surface area contributed by atoms with Gasteiger partial charge >= 0.3 is 5.97 Å². The molecule has 3 saturated heterocycles. The summed E-state index contributed by atoms with van der Waals surface area (Å²) in [5.74, 6) is -17.5. The topological polar surface area (TPSA) is 630 Å². The Morgan fingerprint density at radius 1 is 0.667 bits per heavy atom. The number of nitrogens with two attached hydrogens (primary N) is 4. The van der Waals surface area contributed by atoms with Crippen LogP contribution >= 0.6 is 57.4 Å². The molecule has 25 N–H and O–H groups in total. The summed E-state index contributed by atoms with van der Waals surface area (Å²) < 4.78 is 53.4. The van der Waals surface area contributed by atoms with Gasteiger partial charge < -0.3 is 154 Å². The van der Waals surface area contributed by atoms with Crippen molar-refractivity contribution in [3.63, 3.8) is 0 Å². The smallest absolute Gasteiger partial charge is 0.330 e. The first-order valence-corrected chi connectivity index (χ1v) is 46.7. The summed E-state index contributed by atoms with van der Waals surface area (Å²) >= 11 is 22.8. The number of carboxylic acid groups (broad SMARTS) is 1. The van der Waals surface area contributed by atoms with E-state index in [1.807, 2.05) is 59.0 Å². The molecule has 742 valence electrons. The van der Waals surface area contributed by atoms with Gasteiger partial charge in [-0.3, -0.25) is 43.2 Å². The Balaban J connectivity index is 0.997. The van der Waals surface area contributed by atoms with Gasteiger partial charge in [0.1, 0.15) is 89.8 Å². The Kier molecular flexibility index (Phi) is 33.6. The number of aromatic hydroxyl groups is 2. The standard InChI is InChI=1S/C94H111Cl3IN13O27/c1-40(2)26-59(111(7)67(116)38-103-84(122)57(100)10-8-9-25-99)86(124)109-74-76(117)47-18-23-61(54(96)28-47)133-63-30-49-31-64(80(63)138-92-81(78(119)77(118)65(39-112)135-92)137-69-36-94(6,83(121)42(4)132-69)104-37-43-11-13-44(14-12-43)45-15-20-50(95)21-16-45)134-62-24-19-48(29-55(62)97)79(136-68-35-93(5,102)82(120)41(3)131-68)75-90(128)108-73(91(129)130)53-32-51(113)33-60(114)70(53)52-27-46(17-22-56(52)98)71(87(125)110-75)107-88(126)72(49)106-85(123)58(34-66(101)115)105-89(74)127/h11-24,27-33,40-42,57-59,65,68-69,71-79,81-83,92,104,112-114,117-121H,8-10,25-26,34-39,99-100,102H2,1-7H3,(H2,101,115)(H,103,122)(H,105,127)(H,106,123)(H,107,126)(H,108,128)(H,109,124)(H,110,125)(H,129,130)/t41-,42-,57-,58-,59+,65+,68-,69-,71+,72+,73+,74+,75-,76+,77+,78-,79+,81+,82-,83-,92-,93-,94-/m0/s1. The van der Waals surface area contributed by atoms with Crippen molar-refractivity contribution in [1.29, 1.82) is 0 Å². The predicted octanol–water partition coefficient (Wildman–Crippen LogP) is 4.21. The molecule has 44 heteroatoms. The van der Waals surface area contributed by atoms with Crippen LogP contribution in [0, 0.1) is 9.49 Å². The number of ether oxygens (including phenoxy) is 8. The molecule has 8 aliphatic heterocycles. The van der Waals surface area contributed by atoms with Crippen LogP contribution in [0.15, 0.2) is 127 Å². The molecular weight excluding hydrogens is 1980 g/mol. The monoisotopic (exact) mass is 2090 g/mol. The number of aliphatic hydroxyl groups is 6. The van der Waals surface area contributed by atoms with Gasteiger partial charge in [0.15, 0.2) is 36.2 Å². The number of benzene rings is 7. The Hall–Kier alpha value is -10.8. The molecule has 0 aliphatic carbocycles. The van der Waals surface area contributed by atoms with Crippen LogP contribution in [0.25, 0.3) is 22.3 Å². The molecular formula is C94H111Cl3IN13O27. The number of halogens is 4. The number of rotatable bonds is 26. The highest BCUT2D eigenvalue weighted by Gasteiger charge is 2.54. The summed E-state index contributed by atoms with van der Waals surface area (Å²) in [4.78, 5) is 152. The molecule has 7 aromatic carbocycles. The maximum absolute atomic E-state index is 16.8.